The van der Waals surface area contributed by atoms with E-state index in [-0.39, 0.29) is 30.3 Å². The second kappa shape index (κ2) is 7.36. The molecule has 0 bridgehead atoms. The smallest absolute Gasteiger partial charge is 0.222 e. The maximum Gasteiger partial charge on any atom is 0.222 e. The summed E-state index contributed by atoms with van der Waals surface area (Å²) in [6.45, 7) is 4.46. The minimum atomic E-state index is -0.886. The summed E-state index contributed by atoms with van der Waals surface area (Å²) in [5.41, 5.74) is 0.638. The van der Waals surface area contributed by atoms with E-state index in [4.69, 9.17) is 0 Å². The van der Waals surface area contributed by atoms with E-state index < -0.39 is 17.7 Å². The Hall–Kier alpha value is -1.53. The van der Waals surface area contributed by atoms with Crippen LogP contribution in [0.3, 0.4) is 0 Å². The van der Waals surface area contributed by atoms with E-state index in [0.717, 1.165) is 19.0 Å². The summed E-state index contributed by atoms with van der Waals surface area (Å²) in [5, 5.41) is 12.7. The van der Waals surface area contributed by atoms with Crippen LogP contribution in [0.1, 0.15) is 38.3 Å². The van der Waals surface area contributed by atoms with Crippen molar-refractivity contribution in [2.24, 2.45) is 5.92 Å². The highest BCUT2D eigenvalue weighted by molar-refractivity contribution is 5.77. The van der Waals surface area contributed by atoms with Crippen LogP contribution in [0, 0.1) is 17.6 Å². The minimum Gasteiger partial charge on any atom is -0.392 e. The number of benzene rings is 1. The van der Waals surface area contributed by atoms with Gasteiger partial charge >= 0.3 is 0 Å². The Labute approximate surface area is 135 Å². The van der Waals surface area contributed by atoms with E-state index in [2.05, 4.69) is 5.32 Å². The van der Waals surface area contributed by atoms with Gasteiger partial charge in [-0.1, -0.05) is 19.9 Å². The molecule has 1 fully saturated rings. The number of rotatable bonds is 5. The Morgan fingerprint density at radius 1 is 1.39 bits per heavy atom. The van der Waals surface area contributed by atoms with Crippen molar-refractivity contribution in [1.29, 1.82) is 0 Å². The van der Waals surface area contributed by atoms with Crippen molar-refractivity contribution < 1.29 is 18.7 Å². The molecular formula is C17H24F2N2O2. The summed E-state index contributed by atoms with van der Waals surface area (Å²) in [7, 11) is 1.89. The number of hydrogen-bond acceptors (Lipinski definition) is 3. The summed E-state index contributed by atoms with van der Waals surface area (Å²) in [6, 6.07) is 3.46. The second-order valence-electron chi connectivity index (χ2n) is 6.58. The van der Waals surface area contributed by atoms with Crippen LogP contribution in [0.5, 0.6) is 0 Å². The van der Waals surface area contributed by atoms with Gasteiger partial charge in [0.05, 0.1) is 18.6 Å². The number of halogens is 2. The number of carbonyl (C=O) groups is 1. The topological polar surface area (TPSA) is 52.6 Å². The molecule has 0 spiro atoms. The molecule has 4 nitrogen and oxygen atoms in total. The van der Waals surface area contributed by atoms with Gasteiger partial charge in [-0.25, -0.2) is 8.78 Å². The maximum absolute atomic E-state index is 13.5. The zero-order chi connectivity index (χ0) is 17.1. The number of likely N-dealkylation sites (N-methyl/N-ethyl adjacent to an activating group) is 1. The van der Waals surface area contributed by atoms with E-state index >= 15 is 0 Å². The summed E-state index contributed by atoms with van der Waals surface area (Å²) < 4.78 is 26.6. The van der Waals surface area contributed by atoms with Crippen LogP contribution in [0.15, 0.2) is 18.2 Å². The SMILES string of the molecule is CC(C)C(O)CC(=O)NC1CCN(C)C1c1ccc(F)c(F)c1. The first-order valence-electron chi connectivity index (χ1n) is 7.92. The highest BCUT2D eigenvalue weighted by Crippen LogP contribution is 2.31. The Balaban J connectivity index is 2.09. The highest BCUT2D eigenvalue weighted by atomic mass is 19.2. The van der Waals surface area contributed by atoms with Crippen LogP contribution in [0.25, 0.3) is 0 Å². The van der Waals surface area contributed by atoms with Gasteiger partial charge in [0.2, 0.25) is 5.91 Å². The van der Waals surface area contributed by atoms with E-state index in [0.29, 0.717) is 5.56 Å². The molecule has 1 aliphatic rings. The van der Waals surface area contributed by atoms with E-state index in [1.165, 1.54) is 6.07 Å². The molecule has 0 aromatic heterocycles. The molecule has 2 N–H and O–H groups in total. The molecule has 1 aromatic carbocycles. The van der Waals surface area contributed by atoms with E-state index in [1.54, 1.807) is 6.07 Å². The van der Waals surface area contributed by atoms with Gasteiger partial charge in [-0.3, -0.25) is 9.69 Å². The predicted molar refractivity (Wildman–Crippen MR) is 83.7 cm³/mol. The van der Waals surface area contributed by atoms with Crippen LogP contribution in [0.4, 0.5) is 8.78 Å². The third kappa shape index (κ3) is 4.26. The van der Waals surface area contributed by atoms with Crippen molar-refractivity contribution in [1.82, 2.24) is 10.2 Å². The van der Waals surface area contributed by atoms with Crippen molar-refractivity contribution >= 4 is 5.91 Å². The molecule has 1 aliphatic heterocycles. The fraction of sp³-hybridized carbons (Fsp3) is 0.588. The predicted octanol–water partition coefficient (Wildman–Crippen LogP) is 2.23. The van der Waals surface area contributed by atoms with Crippen LogP contribution < -0.4 is 5.32 Å². The van der Waals surface area contributed by atoms with Crippen molar-refractivity contribution in [3.63, 3.8) is 0 Å². The van der Waals surface area contributed by atoms with Crippen LogP contribution in [0.2, 0.25) is 0 Å². The average Bonchev–Trinajstić information content (AvgIpc) is 2.82. The number of amides is 1. The van der Waals surface area contributed by atoms with Gasteiger partial charge in [0.1, 0.15) is 0 Å². The molecule has 23 heavy (non-hydrogen) atoms. The standard InChI is InChI=1S/C17H24F2N2O2/c1-10(2)15(22)9-16(23)20-14-6-7-21(3)17(14)11-4-5-12(18)13(19)8-11/h4-5,8,10,14-15,17,22H,6-7,9H2,1-3H3,(H,20,23). The zero-order valence-corrected chi connectivity index (χ0v) is 13.7. The molecule has 128 valence electrons. The lowest BCUT2D eigenvalue weighted by atomic mass is 9.99. The van der Waals surface area contributed by atoms with Gasteiger partial charge in [-0.05, 0) is 37.1 Å². The summed E-state index contributed by atoms with van der Waals surface area (Å²) in [4.78, 5) is 14.1. The molecule has 1 amide bonds. The number of likely N-dealkylation sites (tertiary alicyclic amines) is 1. The molecule has 6 heteroatoms. The van der Waals surface area contributed by atoms with Gasteiger partial charge in [-0.2, -0.15) is 0 Å². The molecule has 0 aliphatic carbocycles. The lowest BCUT2D eigenvalue weighted by Crippen LogP contribution is -2.40. The molecule has 1 saturated heterocycles. The molecule has 3 unspecified atom stereocenters. The molecular weight excluding hydrogens is 302 g/mol. The van der Waals surface area contributed by atoms with Crippen LogP contribution >= 0.6 is 0 Å². The molecule has 1 heterocycles. The lowest BCUT2D eigenvalue weighted by molar-refractivity contribution is -0.124. The Kier molecular flexibility index (Phi) is 5.70. The van der Waals surface area contributed by atoms with Gasteiger partial charge in [0, 0.05) is 12.6 Å². The maximum atomic E-state index is 13.5. The second-order valence-corrected chi connectivity index (χ2v) is 6.58. The van der Waals surface area contributed by atoms with Crippen molar-refractivity contribution in [2.75, 3.05) is 13.6 Å². The molecule has 1 aromatic rings. The van der Waals surface area contributed by atoms with E-state index in [9.17, 15) is 18.7 Å². The van der Waals surface area contributed by atoms with E-state index in [1.807, 2.05) is 25.8 Å². The number of nitrogens with one attached hydrogen (secondary N) is 1. The summed E-state index contributed by atoms with van der Waals surface area (Å²) >= 11 is 0. The monoisotopic (exact) mass is 326 g/mol. The summed E-state index contributed by atoms with van der Waals surface area (Å²) in [5.74, 6) is -1.98. The Bertz CT molecular complexity index is 566. The molecule has 0 saturated carbocycles. The first kappa shape index (κ1) is 17.8. The van der Waals surface area contributed by atoms with Gasteiger partial charge in [0.15, 0.2) is 11.6 Å². The van der Waals surface area contributed by atoms with Gasteiger partial charge < -0.3 is 10.4 Å². The Morgan fingerprint density at radius 3 is 2.70 bits per heavy atom. The third-order valence-corrected chi connectivity index (χ3v) is 4.44. The first-order chi connectivity index (χ1) is 10.8. The van der Waals surface area contributed by atoms with Crippen molar-refractivity contribution in [3.05, 3.63) is 35.4 Å². The molecule has 3 atom stereocenters. The Morgan fingerprint density at radius 2 is 2.09 bits per heavy atom. The van der Waals surface area contributed by atoms with Gasteiger partial charge in [-0.15, -0.1) is 0 Å². The first-order valence-corrected chi connectivity index (χ1v) is 7.92. The van der Waals surface area contributed by atoms with Crippen LogP contribution in [-0.2, 0) is 4.79 Å². The minimum absolute atomic E-state index is 0.00833. The fourth-order valence-corrected chi connectivity index (χ4v) is 2.97. The van der Waals surface area contributed by atoms with Gasteiger partial charge in [0.25, 0.3) is 0 Å². The highest BCUT2D eigenvalue weighted by Gasteiger charge is 2.34. The number of hydrogen-bond donors (Lipinski definition) is 2. The largest absolute Gasteiger partial charge is 0.392 e. The summed E-state index contributed by atoms with van der Waals surface area (Å²) in [6.07, 6.45) is 0.0855. The van der Waals surface area contributed by atoms with Crippen molar-refractivity contribution in [2.45, 2.75) is 44.9 Å². The molecule has 2 rings (SSSR count). The normalized spacial score (nSPS) is 23.3. The quantitative estimate of drug-likeness (QED) is 0.872. The van der Waals surface area contributed by atoms with Crippen LogP contribution in [-0.4, -0.2) is 41.7 Å². The third-order valence-electron chi connectivity index (χ3n) is 4.44. The zero-order valence-electron chi connectivity index (χ0n) is 13.7. The lowest BCUT2D eigenvalue weighted by Gasteiger charge is -2.27. The number of carbonyl (C=O) groups excluding carboxylic acids is 1. The number of aliphatic hydroxyl groups is 1. The number of aliphatic hydroxyl groups excluding tert-OH is 1. The van der Waals surface area contributed by atoms with Crippen molar-refractivity contribution in [3.8, 4) is 0 Å². The number of nitrogens with zero attached hydrogens (tertiary/aromatic N) is 1. The molecule has 0 radical (unpaired) electrons. The fourth-order valence-electron chi connectivity index (χ4n) is 2.97. The average molecular weight is 326 g/mol.